The fourth-order valence-corrected chi connectivity index (χ4v) is 3.96. The van der Waals surface area contributed by atoms with E-state index in [0.717, 1.165) is 12.0 Å². The molecule has 0 radical (unpaired) electrons. The Morgan fingerprint density at radius 2 is 1.61 bits per heavy atom. The van der Waals surface area contributed by atoms with Crippen LogP contribution in [0.4, 0.5) is 20.3 Å². The van der Waals surface area contributed by atoms with E-state index in [0.29, 0.717) is 47.5 Å². The van der Waals surface area contributed by atoms with Crippen LogP contribution in [-0.4, -0.2) is 56.8 Å². The average Bonchev–Trinajstić information content (AvgIpc) is 3.02. The quantitative estimate of drug-likeness (QED) is 0.0767. The summed E-state index contributed by atoms with van der Waals surface area (Å²) in [5, 5.41) is 23.7. The number of carbonyl (C=O) groups excluding carboxylic acids is 2. The first-order valence-electron chi connectivity index (χ1n) is 15.8. The molecule has 13 nitrogen and oxygen atoms in total. The Morgan fingerprint density at radius 3 is 2.12 bits per heavy atom. The summed E-state index contributed by atoms with van der Waals surface area (Å²) in [6.07, 6.45) is 2.33. The number of nitrogens with one attached hydrogen (secondary N) is 4. The Kier molecular flexibility index (Phi) is 16.6. The minimum atomic E-state index is -3.58. The van der Waals surface area contributed by atoms with Gasteiger partial charge in [-0.1, -0.05) is 52.0 Å². The molecule has 1 aromatic heterocycles. The molecule has 3 rings (SSSR count). The molecule has 0 aliphatic carbocycles. The van der Waals surface area contributed by atoms with Gasteiger partial charge in [0.2, 0.25) is 5.91 Å². The number of amidine groups is 1. The highest BCUT2D eigenvalue weighted by Gasteiger charge is 2.31. The smallest absolute Gasteiger partial charge is 0.374 e. The second kappa shape index (κ2) is 19.5. The van der Waals surface area contributed by atoms with Crippen LogP contribution in [0.3, 0.4) is 0 Å². The van der Waals surface area contributed by atoms with Gasteiger partial charge in [-0.05, 0) is 49.9 Å². The van der Waals surface area contributed by atoms with Gasteiger partial charge in [0, 0.05) is 48.4 Å². The number of rotatable bonds is 13. The topological polar surface area (TPSA) is 218 Å². The SMILES string of the molecule is CC.CC(C)CCNC(=O)c1cc(N)cc(-c2cnc(NC(C)C)c(=O)n2CC(=O)NCc2ccc(C(=N)N)cc2)c1.CC(F)(F)C(=O)O. The average molecular weight is 687 g/mol. The van der Waals surface area contributed by atoms with Gasteiger partial charge in [-0.15, -0.1) is 0 Å². The van der Waals surface area contributed by atoms with Crippen LogP contribution in [0.25, 0.3) is 11.3 Å². The van der Waals surface area contributed by atoms with E-state index in [2.05, 4.69) is 34.8 Å². The van der Waals surface area contributed by atoms with Crippen LogP contribution < -0.4 is 33.0 Å². The lowest BCUT2D eigenvalue weighted by molar-refractivity contribution is -0.161. The minimum absolute atomic E-state index is 0.0382. The van der Waals surface area contributed by atoms with Crippen molar-refractivity contribution >= 4 is 35.1 Å². The second-order valence-electron chi connectivity index (χ2n) is 11.5. The maximum Gasteiger partial charge on any atom is 0.374 e. The van der Waals surface area contributed by atoms with Crippen molar-refractivity contribution in [3.8, 4) is 11.3 Å². The molecule has 0 bridgehead atoms. The summed E-state index contributed by atoms with van der Waals surface area (Å²) in [4.78, 5) is 52.8. The van der Waals surface area contributed by atoms with Crippen molar-refractivity contribution in [1.29, 1.82) is 5.41 Å². The molecule has 0 saturated heterocycles. The van der Waals surface area contributed by atoms with Gasteiger partial charge in [0.1, 0.15) is 12.4 Å². The van der Waals surface area contributed by atoms with Gasteiger partial charge in [0.05, 0.1) is 11.9 Å². The molecule has 268 valence electrons. The van der Waals surface area contributed by atoms with Crippen molar-refractivity contribution in [3.05, 3.63) is 75.7 Å². The number of nitrogen functional groups attached to an aromatic ring is 2. The summed E-state index contributed by atoms with van der Waals surface area (Å²) in [5.74, 6) is -5.82. The monoisotopic (exact) mass is 686 g/mol. The van der Waals surface area contributed by atoms with Crippen LogP contribution in [0.5, 0.6) is 0 Å². The number of halogens is 2. The lowest BCUT2D eigenvalue weighted by atomic mass is 10.1. The van der Waals surface area contributed by atoms with Gasteiger partial charge in [0.25, 0.3) is 11.5 Å². The zero-order valence-electron chi connectivity index (χ0n) is 29.0. The number of anilines is 2. The fraction of sp³-hybridized carbons (Fsp3) is 0.412. The number of benzene rings is 2. The van der Waals surface area contributed by atoms with Crippen molar-refractivity contribution < 1.29 is 28.3 Å². The predicted octanol–water partition coefficient (Wildman–Crippen LogP) is 4.44. The molecule has 49 heavy (non-hydrogen) atoms. The second-order valence-corrected chi connectivity index (χ2v) is 11.5. The van der Waals surface area contributed by atoms with Crippen molar-refractivity contribution in [1.82, 2.24) is 20.2 Å². The summed E-state index contributed by atoms with van der Waals surface area (Å²) >= 11 is 0. The third-order valence-corrected chi connectivity index (χ3v) is 6.43. The number of carbonyl (C=O) groups is 3. The lowest BCUT2D eigenvalue weighted by Crippen LogP contribution is -2.35. The van der Waals surface area contributed by atoms with Crippen molar-refractivity contribution in [2.75, 3.05) is 17.6 Å². The molecular weight excluding hydrogens is 638 g/mol. The molecule has 9 N–H and O–H groups in total. The van der Waals surface area contributed by atoms with Gasteiger partial charge in [0.15, 0.2) is 5.82 Å². The Labute approximate surface area is 285 Å². The molecular formula is C34H48F2N8O5. The number of hydrogen-bond acceptors (Lipinski definition) is 8. The van der Waals surface area contributed by atoms with Gasteiger partial charge < -0.3 is 32.5 Å². The molecule has 0 saturated carbocycles. The molecule has 3 aromatic rings. The normalized spacial score (nSPS) is 10.7. The first kappa shape index (κ1) is 41.7. The Bertz CT molecular complexity index is 1630. The van der Waals surface area contributed by atoms with E-state index in [1.54, 1.807) is 42.5 Å². The van der Waals surface area contributed by atoms with Crippen molar-refractivity contribution in [2.45, 2.75) is 79.9 Å². The summed E-state index contributed by atoms with van der Waals surface area (Å²) in [6.45, 7) is 12.7. The van der Waals surface area contributed by atoms with E-state index in [-0.39, 0.29) is 36.7 Å². The van der Waals surface area contributed by atoms with Crippen LogP contribution >= 0.6 is 0 Å². The molecule has 2 amide bonds. The van der Waals surface area contributed by atoms with Crippen LogP contribution in [0, 0.1) is 11.3 Å². The number of aliphatic carboxylic acids is 1. The minimum Gasteiger partial charge on any atom is -0.477 e. The van der Waals surface area contributed by atoms with Crippen LogP contribution in [0.1, 0.15) is 76.4 Å². The number of nitrogens with zero attached hydrogens (tertiary/aromatic N) is 2. The highest BCUT2D eigenvalue weighted by Crippen LogP contribution is 2.23. The van der Waals surface area contributed by atoms with E-state index in [1.807, 2.05) is 27.7 Å². The van der Waals surface area contributed by atoms with E-state index in [1.165, 1.54) is 10.8 Å². The van der Waals surface area contributed by atoms with Crippen LogP contribution in [0.15, 0.2) is 53.5 Å². The maximum absolute atomic E-state index is 13.4. The van der Waals surface area contributed by atoms with Gasteiger partial charge in [-0.2, -0.15) is 8.78 Å². The van der Waals surface area contributed by atoms with Gasteiger partial charge >= 0.3 is 11.9 Å². The lowest BCUT2D eigenvalue weighted by Gasteiger charge is -2.17. The standard InChI is InChI=1S/C29H38N8O3.C3H4F2O2.C2H6/c1-17(2)9-10-33-28(39)22-11-21(12-23(30)13-22)24-15-35-27(36-18(3)4)29(40)37(24)16-25(38)34-14-19-5-7-20(8-6-19)26(31)32;1-3(4,5)2(6)7;1-2/h5-8,11-13,15,17-18H,9-10,14,16,30H2,1-4H3,(H3,31,32)(H,33,39)(H,34,38)(H,35,36);1H3,(H,6,7);1-2H3. The Morgan fingerprint density at radius 1 is 1.02 bits per heavy atom. The molecule has 0 aliphatic rings. The largest absolute Gasteiger partial charge is 0.477 e. The molecule has 15 heteroatoms. The number of amides is 2. The summed E-state index contributed by atoms with van der Waals surface area (Å²) in [7, 11) is 0. The first-order chi connectivity index (χ1) is 22.9. The van der Waals surface area contributed by atoms with E-state index in [9.17, 15) is 28.0 Å². The summed E-state index contributed by atoms with van der Waals surface area (Å²) < 4.78 is 23.8. The van der Waals surface area contributed by atoms with Crippen molar-refractivity contribution in [2.24, 2.45) is 11.7 Å². The molecule has 0 spiro atoms. The molecule has 0 unspecified atom stereocenters. The number of aromatic nitrogens is 2. The van der Waals surface area contributed by atoms with Crippen LogP contribution in [-0.2, 0) is 22.7 Å². The van der Waals surface area contributed by atoms with Crippen LogP contribution in [0.2, 0.25) is 0 Å². The highest BCUT2D eigenvalue weighted by atomic mass is 19.3. The first-order valence-corrected chi connectivity index (χ1v) is 15.8. The number of hydrogen-bond donors (Lipinski definition) is 7. The number of nitrogens with two attached hydrogens (primary N) is 2. The molecule has 0 atom stereocenters. The van der Waals surface area contributed by atoms with E-state index >= 15 is 0 Å². The number of carboxylic acids is 1. The maximum atomic E-state index is 13.4. The van der Waals surface area contributed by atoms with E-state index < -0.39 is 23.4 Å². The van der Waals surface area contributed by atoms with E-state index in [4.69, 9.17) is 22.0 Å². The fourth-order valence-electron chi connectivity index (χ4n) is 3.96. The van der Waals surface area contributed by atoms with Crippen molar-refractivity contribution in [3.63, 3.8) is 0 Å². The highest BCUT2D eigenvalue weighted by molar-refractivity contribution is 5.96. The third kappa shape index (κ3) is 14.1. The Balaban J connectivity index is 0.00000118. The number of carboxylic acid groups (broad SMARTS) is 1. The summed E-state index contributed by atoms with van der Waals surface area (Å²) in [6, 6.07) is 11.7. The zero-order valence-corrected chi connectivity index (χ0v) is 29.0. The predicted molar refractivity (Wildman–Crippen MR) is 188 cm³/mol. The summed E-state index contributed by atoms with van der Waals surface area (Å²) in [5.41, 5.74) is 14.1. The molecule has 0 aliphatic heterocycles. The molecule has 0 fully saturated rings. The number of alkyl halides is 2. The Hall–Kier alpha value is -5.34. The third-order valence-electron chi connectivity index (χ3n) is 6.43. The van der Waals surface area contributed by atoms with Gasteiger partial charge in [-0.3, -0.25) is 24.4 Å². The molecule has 2 aromatic carbocycles. The zero-order chi connectivity index (χ0) is 37.5. The molecule has 1 heterocycles. The van der Waals surface area contributed by atoms with Gasteiger partial charge in [-0.25, -0.2) is 9.78 Å².